The summed E-state index contributed by atoms with van der Waals surface area (Å²) in [4.78, 5) is 16.1. The number of alkyl halides is 1. The number of phenolic OH excluding ortho intramolecular Hbond substituents is 1. The van der Waals surface area contributed by atoms with E-state index in [4.69, 9.17) is 16.3 Å². The van der Waals surface area contributed by atoms with Crippen LogP contribution in [0.5, 0.6) is 17.2 Å². The minimum Gasteiger partial charge on any atom is -0.508 e. The lowest BCUT2D eigenvalue weighted by molar-refractivity contribution is 0.0824. The Kier molecular flexibility index (Phi) is 6.55. The first-order valence-electron chi connectivity index (χ1n) is 11.1. The summed E-state index contributed by atoms with van der Waals surface area (Å²) in [6.45, 7) is 2.34. The van der Waals surface area contributed by atoms with Crippen molar-refractivity contribution in [2.24, 2.45) is 5.92 Å². The van der Waals surface area contributed by atoms with Crippen LogP contribution in [0, 0.1) is 5.92 Å². The molecule has 0 spiro atoms. The molecule has 0 radical (unpaired) electrons. The number of hydrogen-bond donors (Lipinski definition) is 1. The molecule has 1 N–H and O–H groups in total. The minimum absolute atomic E-state index is 0.126. The van der Waals surface area contributed by atoms with E-state index in [2.05, 4.69) is 4.90 Å². The van der Waals surface area contributed by atoms with Crippen LogP contribution in [-0.4, -0.2) is 42.1 Å². The number of nitrogens with zero attached hydrogens (tertiary/aromatic N) is 1. The monoisotopic (exact) mass is 495 g/mol. The molecule has 0 bridgehead atoms. The van der Waals surface area contributed by atoms with Gasteiger partial charge in [-0.25, -0.2) is 0 Å². The van der Waals surface area contributed by atoms with Crippen molar-refractivity contribution in [1.82, 2.24) is 4.90 Å². The van der Waals surface area contributed by atoms with E-state index in [0.717, 1.165) is 36.1 Å². The lowest BCUT2D eigenvalue weighted by Crippen LogP contribution is -2.48. The first-order chi connectivity index (χ1) is 16.5. The number of phenols is 1. The fourth-order valence-corrected chi connectivity index (χ4v) is 5.51. The van der Waals surface area contributed by atoms with Crippen LogP contribution in [0.25, 0.3) is 10.1 Å². The van der Waals surface area contributed by atoms with Gasteiger partial charge in [0.25, 0.3) is 0 Å². The summed E-state index contributed by atoms with van der Waals surface area (Å²) in [5, 5.41) is 11.1. The van der Waals surface area contributed by atoms with Crippen molar-refractivity contribution in [3.63, 3.8) is 0 Å². The number of benzene rings is 3. The molecule has 0 unspecified atom stereocenters. The third-order valence-electron chi connectivity index (χ3n) is 6.06. The molecule has 1 aromatic heterocycles. The highest BCUT2D eigenvalue weighted by Gasteiger charge is 2.26. The lowest BCUT2D eigenvalue weighted by atomic mass is 10.0. The Balaban J connectivity index is 1.39. The molecule has 4 nitrogen and oxygen atoms in total. The number of carbonyl (C=O) groups is 1. The minimum atomic E-state index is -0.236. The Morgan fingerprint density at radius 2 is 1.88 bits per heavy atom. The number of halogens is 2. The molecule has 34 heavy (non-hydrogen) atoms. The van der Waals surface area contributed by atoms with E-state index in [9.17, 15) is 14.3 Å². The first-order valence-corrected chi connectivity index (χ1v) is 12.3. The van der Waals surface area contributed by atoms with Gasteiger partial charge in [-0.05, 0) is 54.4 Å². The van der Waals surface area contributed by atoms with Crippen molar-refractivity contribution in [3.05, 3.63) is 87.8 Å². The smallest absolute Gasteiger partial charge is 0.208 e. The van der Waals surface area contributed by atoms with Crippen molar-refractivity contribution in [3.8, 4) is 17.2 Å². The molecule has 0 aliphatic carbocycles. The van der Waals surface area contributed by atoms with E-state index in [1.165, 1.54) is 16.9 Å². The SMILES string of the molecule is O=C(c1ccccc1Cl)c1sc2cc(O)ccc2c1Oc1ccc(CCN2CC(CF)C2)cc1. The van der Waals surface area contributed by atoms with Crippen LogP contribution < -0.4 is 4.74 Å². The standard InChI is InChI=1S/C27H23ClFNO3S/c28-23-4-2-1-3-21(23)25(32)27-26(22-10-7-19(31)13-24(22)34-27)33-20-8-5-17(6-9-20)11-12-30-15-18(14-29)16-30/h1-10,13,18,31H,11-12,14-16H2. The Labute approximate surface area is 206 Å². The Morgan fingerprint density at radius 1 is 1.12 bits per heavy atom. The van der Waals surface area contributed by atoms with Gasteiger partial charge in [0, 0.05) is 41.2 Å². The molecule has 0 atom stereocenters. The summed E-state index contributed by atoms with van der Waals surface area (Å²) in [5.41, 5.74) is 1.57. The molecule has 1 fully saturated rings. The van der Waals surface area contributed by atoms with Crippen molar-refractivity contribution in [1.29, 1.82) is 0 Å². The summed E-state index contributed by atoms with van der Waals surface area (Å²) >= 11 is 7.56. The molecule has 2 heterocycles. The van der Waals surface area contributed by atoms with Gasteiger partial charge in [-0.1, -0.05) is 35.9 Å². The third kappa shape index (κ3) is 4.67. The van der Waals surface area contributed by atoms with Gasteiger partial charge in [-0.15, -0.1) is 11.3 Å². The number of thiophene rings is 1. The quantitative estimate of drug-likeness (QED) is 0.275. The van der Waals surface area contributed by atoms with Crippen LogP contribution in [0.3, 0.4) is 0 Å². The fraction of sp³-hybridized carbons (Fsp3) is 0.222. The molecule has 1 aliphatic heterocycles. The number of likely N-dealkylation sites (tertiary alicyclic amines) is 1. The topological polar surface area (TPSA) is 49.8 Å². The number of aromatic hydroxyl groups is 1. The van der Waals surface area contributed by atoms with Crippen molar-refractivity contribution in [2.45, 2.75) is 6.42 Å². The summed E-state index contributed by atoms with van der Waals surface area (Å²) in [6, 6.07) is 19.7. The molecular formula is C27H23ClFNO3S. The van der Waals surface area contributed by atoms with E-state index >= 15 is 0 Å². The van der Waals surface area contributed by atoms with Crippen LogP contribution in [0.2, 0.25) is 5.02 Å². The van der Waals surface area contributed by atoms with Crippen LogP contribution >= 0.6 is 22.9 Å². The average molecular weight is 496 g/mol. The van der Waals surface area contributed by atoms with Crippen molar-refractivity contribution < 1.29 is 19.0 Å². The average Bonchev–Trinajstić information content (AvgIpc) is 3.16. The van der Waals surface area contributed by atoms with Gasteiger partial charge in [0.1, 0.15) is 16.4 Å². The zero-order chi connectivity index (χ0) is 23.7. The summed E-state index contributed by atoms with van der Waals surface area (Å²) in [6.07, 6.45) is 0.885. The number of ether oxygens (including phenoxy) is 1. The number of fused-ring (bicyclic) bond motifs is 1. The Bertz CT molecular complexity index is 1330. The maximum Gasteiger partial charge on any atom is 0.208 e. The van der Waals surface area contributed by atoms with Gasteiger partial charge < -0.3 is 14.7 Å². The summed E-state index contributed by atoms with van der Waals surface area (Å²) in [5.74, 6) is 1.17. The molecule has 0 saturated carbocycles. The van der Waals surface area contributed by atoms with Gasteiger partial charge in [0.05, 0.1) is 11.7 Å². The highest BCUT2D eigenvalue weighted by Crippen LogP contribution is 2.43. The third-order valence-corrected chi connectivity index (χ3v) is 7.53. The second-order valence-electron chi connectivity index (χ2n) is 8.53. The number of ketones is 1. The predicted octanol–water partition coefficient (Wildman–Crippen LogP) is 6.73. The molecule has 5 rings (SSSR count). The fourth-order valence-electron chi connectivity index (χ4n) is 4.17. The highest BCUT2D eigenvalue weighted by atomic mass is 35.5. The van der Waals surface area contributed by atoms with E-state index in [-0.39, 0.29) is 24.1 Å². The van der Waals surface area contributed by atoms with E-state index in [1.54, 1.807) is 42.5 Å². The van der Waals surface area contributed by atoms with E-state index < -0.39 is 0 Å². The highest BCUT2D eigenvalue weighted by molar-refractivity contribution is 7.21. The Morgan fingerprint density at radius 3 is 2.62 bits per heavy atom. The normalized spacial score (nSPS) is 14.3. The maximum absolute atomic E-state index is 13.4. The lowest BCUT2D eigenvalue weighted by Gasteiger charge is -2.37. The van der Waals surface area contributed by atoms with Gasteiger partial charge in [0.2, 0.25) is 5.78 Å². The first kappa shape index (κ1) is 22.8. The summed E-state index contributed by atoms with van der Waals surface area (Å²) < 4.78 is 19.6. The molecule has 7 heteroatoms. The molecule has 1 saturated heterocycles. The van der Waals surface area contributed by atoms with Crippen LogP contribution in [0.15, 0.2) is 66.7 Å². The Hall–Kier alpha value is -2.93. The van der Waals surface area contributed by atoms with Gasteiger partial charge in [-0.2, -0.15) is 0 Å². The number of carbonyl (C=O) groups excluding carboxylic acids is 1. The van der Waals surface area contributed by atoms with Gasteiger partial charge >= 0.3 is 0 Å². The number of rotatable bonds is 8. The molecular weight excluding hydrogens is 473 g/mol. The predicted molar refractivity (Wildman–Crippen MR) is 134 cm³/mol. The second kappa shape index (κ2) is 9.74. The van der Waals surface area contributed by atoms with Crippen LogP contribution in [0.1, 0.15) is 20.8 Å². The van der Waals surface area contributed by atoms with Crippen LogP contribution in [-0.2, 0) is 6.42 Å². The van der Waals surface area contributed by atoms with Gasteiger partial charge in [0.15, 0.2) is 5.75 Å². The van der Waals surface area contributed by atoms with Crippen molar-refractivity contribution >= 4 is 38.8 Å². The van der Waals surface area contributed by atoms with Crippen molar-refractivity contribution in [2.75, 3.05) is 26.3 Å². The van der Waals surface area contributed by atoms with E-state index in [0.29, 0.717) is 27.0 Å². The largest absolute Gasteiger partial charge is 0.508 e. The zero-order valence-electron chi connectivity index (χ0n) is 18.3. The van der Waals surface area contributed by atoms with Crippen LogP contribution in [0.4, 0.5) is 4.39 Å². The number of hydrogen-bond acceptors (Lipinski definition) is 5. The molecule has 174 valence electrons. The molecule has 4 aromatic rings. The summed E-state index contributed by atoms with van der Waals surface area (Å²) in [7, 11) is 0. The zero-order valence-corrected chi connectivity index (χ0v) is 19.9. The second-order valence-corrected chi connectivity index (χ2v) is 9.99. The van der Waals surface area contributed by atoms with Gasteiger partial charge in [-0.3, -0.25) is 9.18 Å². The molecule has 1 aliphatic rings. The molecule has 3 aromatic carbocycles. The maximum atomic E-state index is 13.4. The molecule has 0 amide bonds. The van der Waals surface area contributed by atoms with E-state index in [1.807, 2.05) is 24.3 Å².